The number of amides is 1. The first-order chi connectivity index (χ1) is 8.08. The van der Waals surface area contributed by atoms with Gasteiger partial charge in [-0.1, -0.05) is 0 Å². The molecule has 0 radical (unpaired) electrons. The van der Waals surface area contributed by atoms with Crippen molar-refractivity contribution in [1.29, 1.82) is 0 Å². The maximum atomic E-state index is 11.5. The van der Waals surface area contributed by atoms with Gasteiger partial charge in [0.15, 0.2) is 6.04 Å². The molecule has 6 heteroatoms. The Morgan fingerprint density at radius 3 is 3.00 bits per heavy atom. The molecule has 0 aromatic rings. The molecule has 0 saturated carbocycles. The summed E-state index contributed by atoms with van der Waals surface area (Å²) in [6, 6.07) is -0.810. The van der Waals surface area contributed by atoms with E-state index < -0.39 is 18.1 Å². The molecular formula is C11H18N2O4. The summed E-state index contributed by atoms with van der Waals surface area (Å²) in [6.07, 6.45) is 1.65. The fourth-order valence-corrected chi connectivity index (χ4v) is 2.56. The molecule has 0 aromatic carbocycles. The highest BCUT2D eigenvalue weighted by atomic mass is 16.6. The molecule has 0 bridgehead atoms. The number of aliphatic carboxylic acids is 1. The van der Waals surface area contributed by atoms with E-state index in [0.29, 0.717) is 12.5 Å². The summed E-state index contributed by atoms with van der Waals surface area (Å²) in [6.45, 7) is 2.44. The van der Waals surface area contributed by atoms with Gasteiger partial charge in [0.2, 0.25) is 0 Å². The van der Waals surface area contributed by atoms with Gasteiger partial charge in [-0.25, -0.2) is 9.59 Å². The number of carboxylic acids is 1. The molecule has 2 unspecified atom stereocenters. The van der Waals surface area contributed by atoms with Gasteiger partial charge in [-0.05, 0) is 32.4 Å². The van der Waals surface area contributed by atoms with Crippen LogP contribution in [0.3, 0.4) is 0 Å². The molecule has 2 atom stereocenters. The average molecular weight is 242 g/mol. The van der Waals surface area contributed by atoms with E-state index in [0.717, 1.165) is 25.9 Å². The molecule has 2 rings (SSSR count). The lowest BCUT2D eigenvalue weighted by Crippen LogP contribution is -2.45. The van der Waals surface area contributed by atoms with Crippen molar-refractivity contribution < 1.29 is 19.4 Å². The van der Waals surface area contributed by atoms with Gasteiger partial charge in [0.05, 0.1) is 0 Å². The van der Waals surface area contributed by atoms with E-state index in [1.54, 1.807) is 0 Å². The minimum Gasteiger partial charge on any atom is -0.480 e. The van der Waals surface area contributed by atoms with Gasteiger partial charge in [0, 0.05) is 13.1 Å². The van der Waals surface area contributed by atoms with Crippen LogP contribution in [0.25, 0.3) is 0 Å². The van der Waals surface area contributed by atoms with Crippen LogP contribution < -0.4 is 0 Å². The standard InChI is InChI=1S/C11H18N2O4/c1-12-4-2-3-8(5-12)6-13-9(10(14)15)7-17-11(13)16/h8-9H,2-7H2,1H3,(H,14,15). The highest BCUT2D eigenvalue weighted by Crippen LogP contribution is 2.20. The van der Waals surface area contributed by atoms with Crippen LogP contribution in [0.15, 0.2) is 0 Å². The molecule has 17 heavy (non-hydrogen) atoms. The second kappa shape index (κ2) is 4.91. The summed E-state index contributed by atoms with van der Waals surface area (Å²) in [7, 11) is 2.04. The molecule has 2 aliphatic rings. The fraction of sp³-hybridized carbons (Fsp3) is 0.818. The number of carbonyl (C=O) groups is 2. The normalized spacial score (nSPS) is 30.4. The Bertz CT molecular complexity index is 321. The van der Waals surface area contributed by atoms with Crippen molar-refractivity contribution >= 4 is 12.1 Å². The minimum atomic E-state index is -0.986. The van der Waals surface area contributed by atoms with E-state index >= 15 is 0 Å². The van der Waals surface area contributed by atoms with Crippen molar-refractivity contribution in [1.82, 2.24) is 9.80 Å². The van der Waals surface area contributed by atoms with Crippen molar-refractivity contribution in [3.05, 3.63) is 0 Å². The molecule has 1 amide bonds. The summed E-state index contributed by atoms with van der Waals surface area (Å²) < 4.78 is 4.80. The Hall–Kier alpha value is -1.30. The highest BCUT2D eigenvalue weighted by Gasteiger charge is 2.39. The number of hydrogen-bond donors (Lipinski definition) is 1. The third kappa shape index (κ3) is 2.69. The van der Waals surface area contributed by atoms with E-state index in [2.05, 4.69) is 4.90 Å². The number of rotatable bonds is 3. The van der Waals surface area contributed by atoms with Crippen LogP contribution in [0.2, 0.25) is 0 Å². The van der Waals surface area contributed by atoms with E-state index in [9.17, 15) is 9.59 Å². The lowest BCUT2D eigenvalue weighted by molar-refractivity contribution is -0.141. The van der Waals surface area contributed by atoms with Crippen LogP contribution in [0.5, 0.6) is 0 Å². The Kier molecular flexibility index (Phi) is 3.51. The molecule has 2 saturated heterocycles. The Balaban J connectivity index is 1.96. The molecule has 0 spiro atoms. The van der Waals surface area contributed by atoms with E-state index in [1.165, 1.54) is 4.90 Å². The summed E-state index contributed by atoms with van der Waals surface area (Å²) in [4.78, 5) is 26.0. The molecule has 2 heterocycles. The predicted octanol–water partition coefficient (Wildman–Crippen LogP) is 0.234. The number of hydrogen-bond acceptors (Lipinski definition) is 4. The predicted molar refractivity (Wildman–Crippen MR) is 59.7 cm³/mol. The van der Waals surface area contributed by atoms with Crippen LogP contribution in [-0.2, 0) is 9.53 Å². The molecule has 0 aliphatic carbocycles. The maximum absolute atomic E-state index is 11.5. The van der Waals surface area contributed by atoms with E-state index in [1.807, 2.05) is 7.05 Å². The zero-order valence-corrected chi connectivity index (χ0v) is 9.96. The quantitative estimate of drug-likeness (QED) is 0.767. The lowest BCUT2D eigenvalue weighted by Gasteiger charge is -2.32. The molecule has 96 valence electrons. The largest absolute Gasteiger partial charge is 0.480 e. The number of carbonyl (C=O) groups excluding carboxylic acids is 1. The number of piperidine rings is 1. The van der Waals surface area contributed by atoms with Crippen LogP contribution in [0, 0.1) is 5.92 Å². The van der Waals surface area contributed by atoms with Gasteiger partial charge in [-0.3, -0.25) is 4.90 Å². The van der Waals surface area contributed by atoms with Crippen molar-refractivity contribution in [3.63, 3.8) is 0 Å². The maximum Gasteiger partial charge on any atom is 0.410 e. The summed E-state index contributed by atoms with van der Waals surface area (Å²) in [5, 5.41) is 9.00. The van der Waals surface area contributed by atoms with Crippen LogP contribution >= 0.6 is 0 Å². The van der Waals surface area contributed by atoms with Gasteiger partial charge < -0.3 is 14.7 Å². The SMILES string of the molecule is CN1CCCC(CN2C(=O)OCC2C(=O)O)C1. The van der Waals surface area contributed by atoms with Crippen LogP contribution in [-0.4, -0.2) is 66.3 Å². The van der Waals surface area contributed by atoms with Crippen molar-refractivity contribution in [2.24, 2.45) is 5.92 Å². The van der Waals surface area contributed by atoms with Gasteiger partial charge in [-0.2, -0.15) is 0 Å². The summed E-state index contributed by atoms with van der Waals surface area (Å²) >= 11 is 0. The first kappa shape index (κ1) is 12.2. The molecule has 2 fully saturated rings. The first-order valence-corrected chi connectivity index (χ1v) is 5.92. The van der Waals surface area contributed by atoms with Gasteiger partial charge in [0.1, 0.15) is 6.61 Å². The van der Waals surface area contributed by atoms with Crippen molar-refractivity contribution in [3.8, 4) is 0 Å². The Labute approximate surface area is 100 Å². The monoisotopic (exact) mass is 242 g/mol. The second-order valence-electron chi connectivity index (χ2n) is 4.85. The second-order valence-corrected chi connectivity index (χ2v) is 4.85. The zero-order chi connectivity index (χ0) is 12.4. The molecule has 2 aliphatic heterocycles. The lowest BCUT2D eigenvalue weighted by atomic mass is 9.97. The summed E-state index contributed by atoms with van der Waals surface area (Å²) in [5.41, 5.74) is 0. The topological polar surface area (TPSA) is 70.1 Å². The molecule has 1 N–H and O–H groups in total. The highest BCUT2D eigenvalue weighted by molar-refractivity contribution is 5.82. The number of carboxylic acid groups (broad SMARTS) is 1. The smallest absolute Gasteiger partial charge is 0.410 e. The molecular weight excluding hydrogens is 224 g/mol. The van der Waals surface area contributed by atoms with E-state index in [-0.39, 0.29) is 6.61 Å². The van der Waals surface area contributed by atoms with Crippen molar-refractivity contribution in [2.45, 2.75) is 18.9 Å². The number of nitrogens with zero attached hydrogens (tertiary/aromatic N) is 2. The molecule has 6 nitrogen and oxygen atoms in total. The zero-order valence-electron chi connectivity index (χ0n) is 9.96. The van der Waals surface area contributed by atoms with Crippen LogP contribution in [0.1, 0.15) is 12.8 Å². The number of cyclic esters (lactones) is 1. The number of likely N-dealkylation sites (tertiary alicyclic amines) is 1. The summed E-state index contributed by atoms with van der Waals surface area (Å²) in [5.74, 6) is -0.638. The number of ether oxygens (including phenoxy) is 1. The van der Waals surface area contributed by atoms with Crippen molar-refractivity contribution in [2.75, 3.05) is 33.3 Å². The van der Waals surface area contributed by atoms with Crippen LogP contribution in [0.4, 0.5) is 4.79 Å². The third-order valence-corrected chi connectivity index (χ3v) is 3.44. The van der Waals surface area contributed by atoms with Gasteiger partial charge >= 0.3 is 12.1 Å². The molecule has 0 aromatic heterocycles. The first-order valence-electron chi connectivity index (χ1n) is 5.92. The van der Waals surface area contributed by atoms with E-state index in [4.69, 9.17) is 9.84 Å². The van der Waals surface area contributed by atoms with Gasteiger partial charge in [0.25, 0.3) is 0 Å². The van der Waals surface area contributed by atoms with Gasteiger partial charge in [-0.15, -0.1) is 0 Å². The third-order valence-electron chi connectivity index (χ3n) is 3.44. The Morgan fingerprint density at radius 1 is 1.59 bits per heavy atom. The fourth-order valence-electron chi connectivity index (χ4n) is 2.56. The average Bonchev–Trinajstić information content (AvgIpc) is 2.61. The Morgan fingerprint density at radius 2 is 2.35 bits per heavy atom. The minimum absolute atomic E-state index is 0.0310.